The van der Waals surface area contributed by atoms with Crippen LogP contribution in [0.3, 0.4) is 0 Å². The van der Waals surface area contributed by atoms with Crippen molar-refractivity contribution in [2.45, 2.75) is 4.34 Å². The number of nitrogens with zero attached hydrogens (tertiary/aromatic N) is 3. The van der Waals surface area contributed by atoms with Crippen molar-refractivity contribution in [3.8, 4) is 17.1 Å². The highest BCUT2D eigenvalue weighted by atomic mass is 35.5. The van der Waals surface area contributed by atoms with Crippen LogP contribution in [0.2, 0.25) is 5.02 Å². The van der Waals surface area contributed by atoms with Crippen LogP contribution in [0.5, 0.6) is 5.75 Å². The zero-order valence-electron chi connectivity index (χ0n) is 17.1. The van der Waals surface area contributed by atoms with Crippen molar-refractivity contribution < 1.29 is 18.8 Å². The van der Waals surface area contributed by atoms with Gasteiger partial charge >= 0.3 is 0 Å². The maximum atomic E-state index is 12.4. The molecule has 4 aromatic rings. The average molecular weight is 502 g/mol. The van der Waals surface area contributed by atoms with E-state index < -0.39 is 5.91 Å². The van der Waals surface area contributed by atoms with Crippen molar-refractivity contribution in [3.05, 3.63) is 65.3 Å². The minimum absolute atomic E-state index is 0.0853. The molecule has 0 saturated carbocycles. The highest BCUT2D eigenvalue weighted by Crippen LogP contribution is 2.29. The number of nitrogens with one attached hydrogen (secondary N) is 2. The van der Waals surface area contributed by atoms with Gasteiger partial charge in [-0.05, 0) is 18.2 Å². The van der Waals surface area contributed by atoms with Crippen molar-refractivity contribution in [1.82, 2.24) is 15.4 Å². The summed E-state index contributed by atoms with van der Waals surface area (Å²) in [4.78, 5) is 24.7. The molecule has 0 saturated heterocycles. The number of rotatable bonds is 8. The van der Waals surface area contributed by atoms with Crippen molar-refractivity contribution in [2.24, 2.45) is 0 Å². The minimum Gasteiger partial charge on any atom is -0.495 e. The molecule has 2 amide bonds. The molecule has 2 aromatic carbocycles. The molecule has 0 unspecified atom stereocenters. The van der Waals surface area contributed by atoms with E-state index in [0.29, 0.717) is 26.6 Å². The first-order valence-electron chi connectivity index (χ1n) is 9.45. The Balaban J connectivity index is 1.31. The predicted molar refractivity (Wildman–Crippen MR) is 127 cm³/mol. The van der Waals surface area contributed by atoms with Crippen molar-refractivity contribution in [1.29, 1.82) is 0 Å². The smallest absolute Gasteiger partial charge is 0.279 e. The summed E-state index contributed by atoms with van der Waals surface area (Å²) in [5.74, 6) is 0.331. The molecular formula is C21H16ClN5O4S2. The minimum atomic E-state index is -0.473. The van der Waals surface area contributed by atoms with Gasteiger partial charge in [0.15, 0.2) is 15.8 Å². The molecule has 0 bridgehead atoms. The molecule has 0 aliphatic rings. The van der Waals surface area contributed by atoms with E-state index in [0.717, 1.165) is 16.9 Å². The van der Waals surface area contributed by atoms with E-state index in [1.165, 1.54) is 18.9 Å². The number of ether oxygens (including phenoxy) is 1. The number of hydrogen-bond acceptors (Lipinski definition) is 9. The molecule has 0 spiro atoms. The number of thioether (sulfide) groups is 1. The van der Waals surface area contributed by atoms with Gasteiger partial charge in [-0.15, -0.1) is 10.2 Å². The van der Waals surface area contributed by atoms with Gasteiger partial charge in [0.1, 0.15) is 5.75 Å². The van der Waals surface area contributed by atoms with E-state index in [9.17, 15) is 9.59 Å². The number of amides is 2. The summed E-state index contributed by atoms with van der Waals surface area (Å²) in [7, 11) is 1.51. The summed E-state index contributed by atoms with van der Waals surface area (Å²) >= 11 is 8.30. The number of methoxy groups -OCH3 is 1. The Kier molecular flexibility index (Phi) is 7.23. The fourth-order valence-electron chi connectivity index (χ4n) is 2.69. The van der Waals surface area contributed by atoms with E-state index in [1.807, 2.05) is 30.3 Å². The molecule has 0 atom stereocenters. The molecule has 0 aliphatic carbocycles. The zero-order chi connectivity index (χ0) is 23.2. The van der Waals surface area contributed by atoms with Crippen LogP contribution in [0.25, 0.3) is 11.3 Å². The predicted octanol–water partition coefficient (Wildman–Crippen LogP) is 4.84. The number of anilines is 2. The second kappa shape index (κ2) is 10.5. The maximum absolute atomic E-state index is 12.4. The molecule has 4 rings (SSSR count). The Labute approximate surface area is 201 Å². The molecule has 0 aliphatic heterocycles. The van der Waals surface area contributed by atoms with Crippen LogP contribution in [0, 0.1) is 0 Å². The maximum Gasteiger partial charge on any atom is 0.279 e. The van der Waals surface area contributed by atoms with Gasteiger partial charge in [-0.2, -0.15) is 0 Å². The number of carbonyl (C=O) groups is 2. The summed E-state index contributed by atoms with van der Waals surface area (Å²) < 4.78 is 11.0. The van der Waals surface area contributed by atoms with Gasteiger partial charge in [-0.25, -0.2) is 0 Å². The Morgan fingerprint density at radius 3 is 2.73 bits per heavy atom. The van der Waals surface area contributed by atoms with Crippen LogP contribution in [0.15, 0.2) is 63.5 Å². The normalized spacial score (nSPS) is 10.6. The molecule has 2 aromatic heterocycles. The van der Waals surface area contributed by atoms with Crippen molar-refractivity contribution in [3.63, 3.8) is 0 Å². The molecule has 33 heavy (non-hydrogen) atoms. The zero-order valence-corrected chi connectivity index (χ0v) is 19.5. The molecule has 168 valence electrons. The first-order chi connectivity index (χ1) is 16.0. The van der Waals surface area contributed by atoms with E-state index in [2.05, 4.69) is 26.0 Å². The third-order valence-corrected chi connectivity index (χ3v) is 6.40. The second-order valence-corrected chi connectivity index (χ2v) is 9.09. The quantitative estimate of drug-likeness (QED) is 0.260. The third kappa shape index (κ3) is 5.89. The summed E-state index contributed by atoms with van der Waals surface area (Å²) in [6.45, 7) is 0. The number of carbonyl (C=O) groups excluding carboxylic acids is 2. The molecular weight excluding hydrogens is 486 g/mol. The fourth-order valence-corrected chi connectivity index (χ4v) is 4.41. The molecule has 2 N–H and O–H groups in total. The summed E-state index contributed by atoms with van der Waals surface area (Å²) in [6.07, 6.45) is 0. The highest BCUT2D eigenvalue weighted by molar-refractivity contribution is 8.01. The first kappa shape index (κ1) is 22.8. The fraction of sp³-hybridized carbons (Fsp3) is 0.0952. The third-order valence-electron chi connectivity index (χ3n) is 4.19. The monoisotopic (exact) mass is 501 g/mol. The van der Waals surface area contributed by atoms with Crippen LogP contribution in [0.4, 0.5) is 10.8 Å². The Bertz CT molecular complexity index is 1280. The lowest BCUT2D eigenvalue weighted by Crippen LogP contribution is -2.14. The second-order valence-electron chi connectivity index (χ2n) is 6.45. The number of benzene rings is 2. The SMILES string of the molecule is COc1ccc(Cl)cc1NC(=O)CSc1nnc(NC(=O)c2cc(-c3ccccc3)on2)s1. The van der Waals surface area contributed by atoms with Crippen LogP contribution in [-0.4, -0.2) is 40.0 Å². The van der Waals surface area contributed by atoms with Crippen LogP contribution >= 0.6 is 34.7 Å². The lowest BCUT2D eigenvalue weighted by Gasteiger charge is -2.09. The first-order valence-corrected chi connectivity index (χ1v) is 11.6. The van der Waals surface area contributed by atoms with Crippen LogP contribution in [-0.2, 0) is 4.79 Å². The molecule has 0 radical (unpaired) electrons. The van der Waals surface area contributed by atoms with Gasteiger partial charge < -0.3 is 14.6 Å². The van der Waals surface area contributed by atoms with E-state index in [4.69, 9.17) is 20.9 Å². The highest BCUT2D eigenvalue weighted by Gasteiger charge is 2.17. The van der Waals surface area contributed by atoms with Crippen molar-refractivity contribution >= 4 is 57.3 Å². The van der Waals surface area contributed by atoms with E-state index in [-0.39, 0.29) is 22.5 Å². The number of hydrogen-bond donors (Lipinski definition) is 2. The van der Waals surface area contributed by atoms with Gasteiger partial charge in [-0.3, -0.25) is 14.9 Å². The van der Waals surface area contributed by atoms with Crippen LogP contribution in [0.1, 0.15) is 10.5 Å². The van der Waals surface area contributed by atoms with Crippen molar-refractivity contribution in [2.75, 3.05) is 23.5 Å². The summed E-state index contributed by atoms with van der Waals surface area (Å²) in [6, 6.07) is 15.8. The van der Waals surface area contributed by atoms with Gasteiger partial charge in [0.05, 0.1) is 18.6 Å². The van der Waals surface area contributed by atoms with E-state index >= 15 is 0 Å². The topological polar surface area (TPSA) is 119 Å². The molecule has 2 heterocycles. The van der Waals surface area contributed by atoms with E-state index in [1.54, 1.807) is 24.3 Å². The number of aromatic nitrogens is 3. The summed E-state index contributed by atoms with van der Waals surface area (Å²) in [5, 5.41) is 17.9. The van der Waals surface area contributed by atoms with Gasteiger partial charge in [0, 0.05) is 16.7 Å². The Morgan fingerprint density at radius 2 is 1.94 bits per heavy atom. The van der Waals surface area contributed by atoms with Gasteiger partial charge in [-0.1, -0.05) is 70.2 Å². The van der Waals surface area contributed by atoms with Gasteiger partial charge in [0.2, 0.25) is 11.0 Å². The number of halogens is 1. The molecule has 0 fully saturated rings. The Morgan fingerprint density at radius 1 is 1.12 bits per heavy atom. The van der Waals surface area contributed by atoms with Gasteiger partial charge in [0.25, 0.3) is 5.91 Å². The largest absolute Gasteiger partial charge is 0.495 e. The molecule has 9 nitrogen and oxygen atoms in total. The van der Waals surface area contributed by atoms with Crippen LogP contribution < -0.4 is 15.4 Å². The lowest BCUT2D eigenvalue weighted by molar-refractivity contribution is -0.113. The average Bonchev–Trinajstić information content (AvgIpc) is 3.48. The lowest BCUT2D eigenvalue weighted by atomic mass is 10.1. The molecule has 12 heteroatoms. The standard InChI is InChI=1S/C21H16ClN5O4S2/c1-30-16-8-7-13(22)9-14(16)23-18(28)11-32-21-26-25-20(33-21)24-19(29)15-10-17(31-27-15)12-5-3-2-4-6-12/h2-10H,11H2,1H3,(H,23,28)(H,24,25,29). The summed E-state index contributed by atoms with van der Waals surface area (Å²) in [5.41, 5.74) is 1.41. The Hall–Kier alpha value is -3.41.